The second kappa shape index (κ2) is 8.17. The molecule has 1 amide bonds. The summed E-state index contributed by atoms with van der Waals surface area (Å²) in [6, 6.07) is -0.573. The fourth-order valence-corrected chi connectivity index (χ4v) is 9.57. The number of fused-ring (bicyclic) bond motifs is 6. The number of nitrogens with zero attached hydrogens (tertiary/aromatic N) is 2. The van der Waals surface area contributed by atoms with Crippen LogP contribution in [-0.2, 0) is 31.4 Å². The Hall–Kier alpha value is -2.17. The largest absolute Gasteiger partial charge is 0.511 e. The third kappa shape index (κ3) is 3.97. The summed E-state index contributed by atoms with van der Waals surface area (Å²) in [5.74, 6) is -2.28. The first-order valence-electron chi connectivity index (χ1n) is 12.1. The van der Waals surface area contributed by atoms with Gasteiger partial charge in [-0.15, -0.1) is 15.7 Å². The first-order valence-corrected chi connectivity index (χ1v) is 16.3. The molecule has 208 valence electrons. The minimum atomic E-state index is -4.49. The molecular formula is C22H25F3N4O6S3. The highest BCUT2D eigenvalue weighted by atomic mass is 32.2. The third-order valence-corrected chi connectivity index (χ3v) is 11.6. The molecule has 0 saturated heterocycles. The molecule has 0 spiro atoms. The van der Waals surface area contributed by atoms with Crippen LogP contribution in [0.25, 0.3) is 0 Å². The maximum Gasteiger partial charge on any atom is 0.396 e. The third-order valence-electron chi connectivity index (χ3n) is 8.49. The number of amidine groups is 1. The van der Waals surface area contributed by atoms with Gasteiger partial charge >= 0.3 is 6.18 Å². The van der Waals surface area contributed by atoms with Crippen LogP contribution in [0, 0.1) is 23.2 Å². The van der Waals surface area contributed by atoms with E-state index in [0.29, 0.717) is 6.42 Å². The Morgan fingerprint density at radius 3 is 2.61 bits per heavy atom. The Balaban J connectivity index is 1.39. The van der Waals surface area contributed by atoms with Crippen LogP contribution in [0.5, 0.6) is 0 Å². The van der Waals surface area contributed by atoms with Crippen LogP contribution in [0.3, 0.4) is 0 Å². The summed E-state index contributed by atoms with van der Waals surface area (Å²) >= 11 is 0.947. The second-order valence-corrected chi connectivity index (χ2v) is 15.1. The Kier molecular flexibility index (Phi) is 5.61. The molecule has 0 aromatic carbocycles. The number of alkyl halides is 3. The lowest BCUT2D eigenvalue weighted by molar-refractivity contribution is -0.195. The molecule has 38 heavy (non-hydrogen) atoms. The second-order valence-electron chi connectivity index (χ2n) is 10.9. The molecule has 1 aromatic rings. The molecule has 3 heterocycles. The van der Waals surface area contributed by atoms with Crippen LogP contribution < -0.4 is 10.0 Å². The van der Waals surface area contributed by atoms with Gasteiger partial charge in [-0.25, -0.2) is 13.1 Å². The summed E-state index contributed by atoms with van der Waals surface area (Å²) in [5, 5.41) is 15.6. The molecular weight excluding hydrogens is 569 g/mol. The van der Waals surface area contributed by atoms with E-state index < -0.39 is 67.5 Å². The molecule has 0 radical (unpaired) electrons. The standard InChI is InChI=1S/C22H25F3N4O6S3/c1-37(32,33)26-7-12-8-36-19-17(12)38(34,35)28-18(27-19)14-16(30)13-10-2-3-11(6-10)15(13)29(20(14)31)9-21(4-5-21)22(23,24)25/h8,10-11,13,15,26,30H,2-7,9H2,1H3,(H,27,28)/t10-,11+,13?,15?/m0/s1. The number of aliphatic hydroxyl groups excluding tert-OH is 1. The minimum Gasteiger partial charge on any atom is -0.511 e. The summed E-state index contributed by atoms with van der Waals surface area (Å²) in [6.07, 6.45) is -1.54. The molecule has 3 saturated carbocycles. The number of halogens is 3. The normalized spacial score (nSPS) is 31.1. The number of aliphatic hydroxyl groups is 1. The smallest absolute Gasteiger partial charge is 0.396 e. The van der Waals surface area contributed by atoms with E-state index in [-0.39, 0.29) is 52.4 Å². The quantitative estimate of drug-likeness (QED) is 0.459. The van der Waals surface area contributed by atoms with Crippen molar-refractivity contribution in [3.05, 3.63) is 22.3 Å². The van der Waals surface area contributed by atoms with Crippen LogP contribution in [0.1, 0.15) is 37.7 Å². The van der Waals surface area contributed by atoms with Gasteiger partial charge < -0.3 is 15.3 Å². The molecule has 6 rings (SSSR count). The Labute approximate surface area is 221 Å². The van der Waals surface area contributed by atoms with Crippen molar-refractivity contribution in [3.63, 3.8) is 0 Å². The van der Waals surface area contributed by atoms with E-state index in [1.54, 1.807) is 0 Å². The van der Waals surface area contributed by atoms with Crippen LogP contribution >= 0.6 is 11.3 Å². The topological polar surface area (TPSA) is 145 Å². The van der Waals surface area contributed by atoms with Gasteiger partial charge in [0, 0.05) is 30.6 Å². The van der Waals surface area contributed by atoms with Crippen molar-refractivity contribution in [3.8, 4) is 0 Å². The Morgan fingerprint density at radius 2 is 1.97 bits per heavy atom. The van der Waals surface area contributed by atoms with Gasteiger partial charge in [0.05, 0.1) is 11.7 Å². The lowest BCUT2D eigenvalue weighted by Crippen LogP contribution is -2.57. The van der Waals surface area contributed by atoms with Crippen molar-refractivity contribution in [1.82, 2.24) is 9.62 Å². The van der Waals surface area contributed by atoms with E-state index >= 15 is 0 Å². The molecule has 3 N–H and O–H groups in total. The van der Waals surface area contributed by atoms with E-state index in [1.165, 1.54) is 10.3 Å². The predicted octanol–water partition coefficient (Wildman–Crippen LogP) is 2.72. The molecule has 10 nitrogen and oxygen atoms in total. The number of carbonyl (C=O) groups excluding carboxylic acids is 1. The average molecular weight is 595 g/mol. The van der Waals surface area contributed by atoms with Crippen molar-refractivity contribution in [2.24, 2.45) is 27.6 Å². The molecule has 1 aromatic heterocycles. The number of amides is 1. The number of carbonyl (C=O) groups is 1. The molecule has 3 aliphatic carbocycles. The zero-order valence-corrected chi connectivity index (χ0v) is 22.5. The van der Waals surface area contributed by atoms with Gasteiger partial charge in [0.15, 0.2) is 5.84 Å². The molecule has 16 heteroatoms. The van der Waals surface area contributed by atoms with Gasteiger partial charge in [0.1, 0.15) is 21.2 Å². The highest BCUT2D eigenvalue weighted by molar-refractivity contribution is 7.91. The minimum absolute atomic E-state index is 0.0246. The fourth-order valence-electron chi connectivity index (χ4n) is 6.54. The zero-order chi connectivity index (χ0) is 27.4. The summed E-state index contributed by atoms with van der Waals surface area (Å²) in [7, 11) is -8.05. The number of hydrogen-bond donors (Lipinski definition) is 3. The van der Waals surface area contributed by atoms with Crippen molar-refractivity contribution >= 4 is 48.1 Å². The Bertz CT molecular complexity index is 1510. The van der Waals surface area contributed by atoms with E-state index in [2.05, 4.69) is 14.4 Å². The fraction of sp³-hybridized carbons (Fsp3) is 0.636. The predicted molar refractivity (Wildman–Crippen MR) is 131 cm³/mol. The van der Waals surface area contributed by atoms with Gasteiger partial charge in [-0.2, -0.15) is 21.6 Å². The van der Waals surface area contributed by atoms with Crippen molar-refractivity contribution in [1.29, 1.82) is 0 Å². The van der Waals surface area contributed by atoms with Crippen molar-refractivity contribution in [2.45, 2.75) is 55.8 Å². The van der Waals surface area contributed by atoms with Gasteiger partial charge in [-0.3, -0.25) is 4.79 Å². The summed E-state index contributed by atoms with van der Waals surface area (Å²) in [6.45, 7) is -0.842. The maximum absolute atomic E-state index is 13.9. The maximum atomic E-state index is 13.9. The lowest BCUT2D eigenvalue weighted by Gasteiger charge is -2.45. The first-order chi connectivity index (χ1) is 17.6. The van der Waals surface area contributed by atoms with Gasteiger partial charge in [0.25, 0.3) is 15.9 Å². The van der Waals surface area contributed by atoms with Crippen molar-refractivity contribution in [2.75, 3.05) is 18.1 Å². The van der Waals surface area contributed by atoms with E-state index in [1.807, 2.05) is 0 Å². The number of thiophene rings is 1. The van der Waals surface area contributed by atoms with Crippen LogP contribution in [0.4, 0.5) is 18.2 Å². The average Bonchev–Trinajstić information content (AvgIpc) is 3.13. The molecule has 2 unspecified atom stereocenters. The molecule has 3 fully saturated rings. The summed E-state index contributed by atoms with van der Waals surface area (Å²) in [4.78, 5) is 14.7. The van der Waals surface area contributed by atoms with Crippen LogP contribution in [-0.4, -0.2) is 63.6 Å². The van der Waals surface area contributed by atoms with Gasteiger partial charge in [-0.05, 0) is 49.3 Å². The number of rotatable bonds is 6. The Morgan fingerprint density at radius 1 is 1.29 bits per heavy atom. The zero-order valence-electron chi connectivity index (χ0n) is 20.1. The van der Waals surface area contributed by atoms with Gasteiger partial charge in [0.2, 0.25) is 10.0 Å². The lowest BCUT2D eigenvalue weighted by atomic mass is 9.77. The molecule has 2 aliphatic heterocycles. The van der Waals surface area contributed by atoms with Gasteiger partial charge in [-0.1, -0.05) is 0 Å². The van der Waals surface area contributed by atoms with E-state index in [0.717, 1.165) is 30.4 Å². The molecule has 2 bridgehead atoms. The molecule has 4 atom stereocenters. The molecule has 5 aliphatic rings. The first kappa shape index (κ1) is 26.1. The van der Waals surface area contributed by atoms with E-state index in [4.69, 9.17) is 0 Å². The summed E-state index contributed by atoms with van der Waals surface area (Å²) < 4.78 is 97.0. The van der Waals surface area contributed by atoms with E-state index in [9.17, 15) is 39.9 Å². The highest BCUT2D eigenvalue weighted by Crippen LogP contribution is 2.61. The summed E-state index contributed by atoms with van der Waals surface area (Å²) in [5.41, 5.74) is -2.27. The monoisotopic (exact) mass is 594 g/mol. The number of anilines is 1. The SMILES string of the molecule is CS(=O)(=O)NCc1csc2c1S(=O)(=O)N=C(C1=C(O)C3C([C@@H]4CC[C@H]3C4)N(CC3(C(F)(F)F)CC3)C1=O)N2. The number of sulfonamides is 2. The number of hydrogen-bond acceptors (Lipinski definition) is 8. The van der Waals surface area contributed by atoms with Crippen LogP contribution in [0.15, 0.2) is 26.0 Å². The van der Waals surface area contributed by atoms with Crippen molar-refractivity contribution < 1.29 is 39.9 Å². The number of nitrogens with one attached hydrogen (secondary N) is 2. The van der Waals surface area contributed by atoms with Crippen LogP contribution in [0.2, 0.25) is 0 Å². The highest BCUT2D eigenvalue weighted by Gasteiger charge is 2.66.